The summed E-state index contributed by atoms with van der Waals surface area (Å²) in [7, 11) is 1.71. The summed E-state index contributed by atoms with van der Waals surface area (Å²) >= 11 is 0. The number of amides is 1. The van der Waals surface area contributed by atoms with Crippen molar-refractivity contribution in [3.05, 3.63) is 0 Å². The third-order valence-electron chi connectivity index (χ3n) is 3.03. The van der Waals surface area contributed by atoms with Crippen LogP contribution in [-0.2, 0) is 9.53 Å². The maximum Gasteiger partial charge on any atom is 0.210 e. The monoisotopic (exact) mass is 258 g/mol. The largest absolute Gasteiger partial charge is 0.379 e. The van der Waals surface area contributed by atoms with E-state index in [0.717, 1.165) is 32.5 Å². The molecule has 1 aliphatic heterocycles. The molecule has 1 rings (SSSR count). The van der Waals surface area contributed by atoms with Crippen LogP contribution in [0.2, 0.25) is 0 Å². The van der Waals surface area contributed by atoms with Crippen LogP contribution in [0.1, 0.15) is 47.0 Å². The molecule has 0 aromatic heterocycles. The summed E-state index contributed by atoms with van der Waals surface area (Å²) in [4.78, 5) is 12.6. The number of hydrogen-bond acceptors (Lipinski definition) is 3. The quantitative estimate of drug-likeness (QED) is 0.785. The van der Waals surface area contributed by atoms with Crippen LogP contribution in [0, 0.1) is 0 Å². The maximum atomic E-state index is 10.6. The third-order valence-corrected chi connectivity index (χ3v) is 3.03. The lowest BCUT2D eigenvalue weighted by atomic mass is 10.1. The van der Waals surface area contributed by atoms with E-state index in [1.165, 1.54) is 12.8 Å². The second-order valence-corrected chi connectivity index (χ2v) is 5.66. The van der Waals surface area contributed by atoms with Gasteiger partial charge < -0.3 is 15.0 Å². The normalized spacial score (nSPS) is 20.1. The van der Waals surface area contributed by atoms with Gasteiger partial charge in [-0.2, -0.15) is 0 Å². The Balaban J connectivity index is 0.000000411. The molecule has 0 aromatic rings. The van der Waals surface area contributed by atoms with Crippen molar-refractivity contribution in [1.29, 1.82) is 0 Å². The van der Waals surface area contributed by atoms with Crippen molar-refractivity contribution in [3.8, 4) is 0 Å². The first kappa shape index (κ1) is 17.4. The second-order valence-electron chi connectivity index (χ2n) is 5.66. The Morgan fingerprint density at radius 1 is 1.44 bits per heavy atom. The summed E-state index contributed by atoms with van der Waals surface area (Å²) in [5.74, 6) is 0. The molecule has 0 spiro atoms. The molecule has 1 N–H and O–H groups in total. The highest BCUT2D eigenvalue weighted by Gasteiger charge is 2.19. The Bertz CT molecular complexity index is 214. The summed E-state index contributed by atoms with van der Waals surface area (Å²) < 4.78 is 4.94. The number of carbonyl (C=O) groups excluding carboxylic acids is 1. The number of unbranched alkanes of at least 4 members (excludes halogenated alkanes) is 1. The molecule has 0 radical (unpaired) electrons. The number of hydrogen-bond donors (Lipinski definition) is 1. The number of ether oxygens (including phenoxy) is 1. The Kier molecular flexibility index (Phi) is 9.02. The van der Waals surface area contributed by atoms with E-state index < -0.39 is 0 Å². The van der Waals surface area contributed by atoms with Gasteiger partial charge in [0.1, 0.15) is 0 Å². The lowest BCUT2D eigenvalue weighted by Gasteiger charge is -2.33. The molecule has 1 unspecified atom stereocenters. The van der Waals surface area contributed by atoms with Crippen molar-refractivity contribution in [2.45, 2.75) is 58.6 Å². The topological polar surface area (TPSA) is 41.6 Å². The van der Waals surface area contributed by atoms with E-state index in [1.54, 1.807) is 7.11 Å². The van der Waals surface area contributed by atoms with Crippen LogP contribution in [0.5, 0.6) is 0 Å². The fraction of sp³-hybridized carbons (Fsp3) is 0.929. The number of nitrogens with zero attached hydrogens (tertiary/aromatic N) is 1. The van der Waals surface area contributed by atoms with E-state index in [4.69, 9.17) is 4.74 Å². The van der Waals surface area contributed by atoms with Gasteiger partial charge in [0.2, 0.25) is 6.41 Å². The molecule has 0 bridgehead atoms. The van der Waals surface area contributed by atoms with Crippen molar-refractivity contribution in [2.75, 3.05) is 26.7 Å². The highest BCUT2D eigenvalue weighted by Crippen LogP contribution is 2.08. The van der Waals surface area contributed by atoms with Gasteiger partial charge in [-0.1, -0.05) is 19.8 Å². The van der Waals surface area contributed by atoms with Crippen LogP contribution in [0.15, 0.2) is 0 Å². The van der Waals surface area contributed by atoms with E-state index in [-0.39, 0.29) is 5.60 Å². The molecule has 18 heavy (non-hydrogen) atoms. The first-order valence-electron chi connectivity index (χ1n) is 6.91. The highest BCUT2D eigenvalue weighted by atomic mass is 16.5. The van der Waals surface area contributed by atoms with Gasteiger partial charge >= 0.3 is 0 Å². The van der Waals surface area contributed by atoms with E-state index in [0.29, 0.717) is 6.04 Å². The third kappa shape index (κ3) is 8.48. The zero-order chi connectivity index (χ0) is 14.0. The Hall–Kier alpha value is -0.610. The lowest BCUT2D eigenvalue weighted by molar-refractivity contribution is -0.121. The van der Waals surface area contributed by atoms with Crippen molar-refractivity contribution in [3.63, 3.8) is 0 Å². The number of rotatable bonds is 4. The van der Waals surface area contributed by atoms with Gasteiger partial charge in [-0.15, -0.1) is 0 Å². The highest BCUT2D eigenvalue weighted by molar-refractivity contribution is 5.48. The average Bonchev–Trinajstić information content (AvgIpc) is 2.36. The standard InChI is InChI=1S/C9H18N2O.C5H12O/c1-2-3-4-9-7-10-5-6-11(9)8-12;1-5(2,3)6-4/h8-10H,2-7H2,1H3;1-4H3. The van der Waals surface area contributed by atoms with E-state index in [1.807, 2.05) is 25.7 Å². The molecule has 1 atom stereocenters. The zero-order valence-electron chi connectivity index (χ0n) is 12.7. The SMILES string of the molecule is CCCCC1CNCCN1C=O.COC(C)(C)C. The summed E-state index contributed by atoms with van der Waals surface area (Å²) in [5.41, 5.74) is 0.0417. The van der Waals surface area contributed by atoms with Crippen molar-refractivity contribution >= 4 is 6.41 Å². The molecule has 1 heterocycles. The van der Waals surface area contributed by atoms with Gasteiger partial charge in [0, 0.05) is 32.8 Å². The summed E-state index contributed by atoms with van der Waals surface area (Å²) in [6.07, 6.45) is 4.56. The van der Waals surface area contributed by atoms with Gasteiger partial charge in [0.05, 0.1) is 5.60 Å². The Morgan fingerprint density at radius 3 is 2.50 bits per heavy atom. The van der Waals surface area contributed by atoms with E-state index in [2.05, 4.69) is 12.2 Å². The van der Waals surface area contributed by atoms with Crippen LogP contribution in [-0.4, -0.2) is 49.7 Å². The van der Waals surface area contributed by atoms with Crippen molar-refractivity contribution < 1.29 is 9.53 Å². The number of piperazine rings is 1. The van der Waals surface area contributed by atoms with Crippen molar-refractivity contribution in [2.24, 2.45) is 0 Å². The number of carbonyl (C=O) groups is 1. The van der Waals surface area contributed by atoms with Gasteiger partial charge in [0.25, 0.3) is 0 Å². The summed E-state index contributed by atoms with van der Waals surface area (Å²) in [6, 6.07) is 0.441. The minimum absolute atomic E-state index is 0.0417. The van der Waals surface area contributed by atoms with Gasteiger partial charge in [-0.3, -0.25) is 4.79 Å². The number of nitrogens with one attached hydrogen (secondary N) is 1. The maximum absolute atomic E-state index is 10.6. The predicted molar refractivity (Wildman–Crippen MR) is 75.7 cm³/mol. The van der Waals surface area contributed by atoms with E-state index >= 15 is 0 Å². The molecule has 0 aromatic carbocycles. The minimum atomic E-state index is 0.0417. The minimum Gasteiger partial charge on any atom is -0.379 e. The van der Waals surface area contributed by atoms with Crippen LogP contribution in [0.4, 0.5) is 0 Å². The van der Waals surface area contributed by atoms with E-state index in [9.17, 15) is 4.79 Å². The molecule has 0 aliphatic carbocycles. The summed E-state index contributed by atoms with van der Waals surface area (Å²) in [5, 5.41) is 3.31. The van der Waals surface area contributed by atoms with Gasteiger partial charge in [-0.05, 0) is 27.2 Å². The molecule has 1 amide bonds. The van der Waals surface area contributed by atoms with Crippen molar-refractivity contribution in [1.82, 2.24) is 10.2 Å². The van der Waals surface area contributed by atoms with Gasteiger partial charge in [0.15, 0.2) is 0 Å². The molecule has 4 nitrogen and oxygen atoms in total. The molecule has 108 valence electrons. The fourth-order valence-corrected chi connectivity index (χ4v) is 1.62. The van der Waals surface area contributed by atoms with Crippen LogP contribution in [0.3, 0.4) is 0 Å². The molecule has 1 fully saturated rings. The molecular formula is C14H30N2O2. The molecular weight excluding hydrogens is 228 g/mol. The van der Waals surface area contributed by atoms with Gasteiger partial charge in [-0.25, -0.2) is 0 Å². The smallest absolute Gasteiger partial charge is 0.210 e. The first-order valence-corrected chi connectivity index (χ1v) is 6.91. The Labute approximate surface area is 112 Å². The summed E-state index contributed by atoms with van der Waals surface area (Å²) in [6.45, 7) is 11.0. The molecule has 1 aliphatic rings. The average molecular weight is 258 g/mol. The predicted octanol–water partition coefficient (Wildman–Crippen LogP) is 2.04. The lowest BCUT2D eigenvalue weighted by Crippen LogP contribution is -2.50. The molecule has 1 saturated heterocycles. The second kappa shape index (κ2) is 9.34. The van der Waals surface area contributed by atoms with Crippen LogP contribution < -0.4 is 5.32 Å². The van der Waals surface area contributed by atoms with Crippen LogP contribution in [0.25, 0.3) is 0 Å². The molecule has 0 saturated carbocycles. The Morgan fingerprint density at radius 2 is 2.06 bits per heavy atom. The fourth-order valence-electron chi connectivity index (χ4n) is 1.62. The molecule has 4 heteroatoms. The number of methoxy groups -OCH3 is 1. The first-order chi connectivity index (χ1) is 8.44. The zero-order valence-corrected chi connectivity index (χ0v) is 12.7. The van der Waals surface area contributed by atoms with Crippen LogP contribution >= 0.6 is 0 Å².